The number of hydrogen-bond acceptors (Lipinski definition) is 2. The largest absolute Gasteiger partial charge is 0.481 e. The normalized spacial score (nSPS) is 15.6. The maximum Gasteiger partial charge on any atom is 0.303 e. The summed E-state index contributed by atoms with van der Waals surface area (Å²) in [5.41, 5.74) is 1.86. The fraction of sp³-hybridized carbons (Fsp3) is 0.462. The second kappa shape index (κ2) is 5.27. The zero-order valence-corrected chi connectivity index (χ0v) is 9.66. The molecule has 1 aromatic carbocycles. The molecule has 0 fully saturated rings. The number of carboxylic acid groups (broad SMARTS) is 1. The summed E-state index contributed by atoms with van der Waals surface area (Å²) >= 11 is 0. The summed E-state index contributed by atoms with van der Waals surface area (Å²) in [6, 6.07) is 5.20. The number of aliphatic carboxylic acids is 1. The van der Waals surface area contributed by atoms with Gasteiger partial charge in [-0.2, -0.15) is 0 Å². The molecule has 0 saturated carbocycles. The van der Waals surface area contributed by atoms with Crippen LogP contribution in [0.25, 0.3) is 0 Å². The minimum absolute atomic E-state index is 0.148. The van der Waals surface area contributed by atoms with E-state index in [0.717, 1.165) is 30.6 Å². The van der Waals surface area contributed by atoms with Gasteiger partial charge in [-0.3, -0.25) is 9.69 Å². The maximum absolute atomic E-state index is 13.6. The highest BCUT2D eigenvalue weighted by Gasteiger charge is 2.18. The van der Waals surface area contributed by atoms with Crippen molar-refractivity contribution in [3.8, 4) is 0 Å². The standard InChI is InChI=1S/C13H16FNO2/c14-12-4-1-3-10-6-8-15(9-11(10)12)7-2-5-13(16)17/h1,3-4H,2,5-9H2,(H,16,17). The fourth-order valence-electron chi connectivity index (χ4n) is 2.24. The van der Waals surface area contributed by atoms with Crippen LogP contribution >= 0.6 is 0 Å². The first-order chi connectivity index (χ1) is 8.16. The average molecular weight is 237 g/mol. The van der Waals surface area contributed by atoms with Crippen LogP contribution in [0, 0.1) is 5.82 Å². The molecule has 1 heterocycles. The zero-order chi connectivity index (χ0) is 12.3. The lowest BCUT2D eigenvalue weighted by Crippen LogP contribution is -2.32. The van der Waals surface area contributed by atoms with Gasteiger partial charge in [-0.25, -0.2) is 4.39 Å². The van der Waals surface area contributed by atoms with Crippen molar-refractivity contribution in [2.45, 2.75) is 25.8 Å². The molecule has 0 aromatic heterocycles. The van der Waals surface area contributed by atoms with E-state index >= 15 is 0 Å². The summed E-state index contributed by atoms with van der Waals surface area (Å²) in [6.45, 7) is 2.21. The van der Waals surface area contributed by atoms with Gasteiger partial charge in [-0.15, -0.1) is 0 Å². The van der Waals surface area contributed by atoms with Gasteiger partial charge < -0.3 is 5.11 Å². The minimum atomic E-state index is -0.770. The molecule has 92 valence electrons. The average Bonchev–Trinajstić information content (AvgIpc) is 2.30. The molecule has 1 N–H and O–H groups in total. The quantitative estimate of drug-likeness (QED) is 0.871. The number of carboxylic acids is 1. The highest BCUT2D eigenvalue weighted by Crippen LogP contribution is 2.21. The lowest BCUT2D eigenvalue weighted by atomic mass is 9.99. The Morgan fingerprint density at radius 1 is 1.47 bits per heavy atom. The minimum Gasteiger partial charge on any atom is -0.481 e. The van der Waals surface area contributed by atoms with Crippen LogP contribution in [0.2, 0.25) is 0 Å². The first-order valence-electron chi connectivity index (χ1n) is 5.87. The van der Waals surface area contributed by atoms with E-state index in [1.54, 1.807) is 6.07 Å². The molecule has 3 nitrogen and oxygen atoms in total. The van der Waals surface area contributed by atoms with Crippen molar-refractivity contribution in [2.75, 3.05) is 13.1 Å². The molecular formula is C13H16FNO2. The molecule has 0 saturated heterocycles. The zero-order valence-electron chi connectivity index (χ0n) is 9.66. The van der Waals surface area contributed by atoms with Crippen LogP contribution in [0.4, 0.5) is 4.39 Å². The predicted molar refractivity (Wildman–Crippen MR) is 62.3 cm³/mol. The van der Waals surface area contributed by atoms with Crippen LogP contribution in [0.1, 0.15) is 24.0 Å². The highest BCUT2D eigenvalue weighted by molar-refractivity contribution is 5.66. The van der Waals surface area contributed by atoms with E-state index < -0.39 is 5.97 Å². The Balaban J connectivity index is 1.94. The van der Waals surface area contributed by atoms with Crippen molar-refractivity contribution in [1.29, 1.82) is 0 Å². The third-order valence-corrected chi connectivity index (χ3v) is 3.16. The summed E-state index contributed by atoms with van der Waals surface area (Å²) in [4.78, 5) is 12.5. The topological polar surface area (TPSA) is 40.5 Å². The predicted octanol–water partition coefficient (Wildman–Crippen LogP) is 2.05. The molecule has 4 heteroatoms. The lowest BCUT2D eigenvalue weighted by Gasteiger charge is -2.28. The SMILES string of the molecule is O=C(O)CCCN1CCc2cccc(F)c2C1. The van der Waals surface area contributed by atoms with E-state index in [1.165, 1.54) is 6.07 Å². The first kappa shape index (κ1) is 12.0. The van der Waals surface area contributed by atoms with E-state index in [2.05, 4.69) is 4.90 Å². The van der Waals surface area contributed by atoms with E-state index in [1.807, 2.05) is 6.07 Å². The van der Waals surface area contributed by atoms with Gasteiger partial charge in [0.2, 0.25) is 0 Å². The molecule has 17 heavy (non-hydrogen) atoms. The Kier molecular flexibility index (Phi) is 3.74. The van der Waals surface area contributed by atoms with Crippen molar-refractivity contribution in [3.63, 3.8) is 0 Å². The second-order valence-corrected chi connectivity index (χ2v) is 4.40. The van der Waals surface area contributed by atoms with Crippen molar-refractivity contribution in [1.82, 2.24) is 4.90 Å². The van der Waals surface area contributed by atoms with E-state index in [4.69, 9.17) is 5.11 Å². The van der Waals surface area contributed by atoms with Crippen LogP contribution in [0.3, 0.4) is 0 Å². The monoisotopic (exact) mass is 237 g/mol. The molecule has 0 atom stereocenters. The molecule has 1 aliphatic rings. The molecule has 0 unspecified atom stereocenters. The Bertz CT molecular complexity index is 420. The molecule has 0 aliphatic carbocycles. The summed E-state index contributed by atoms with van der Waals surface area (Å²) in [7, 11) is 0. The van der Waals surface area contributed by atoms with Crippen molar-refractivity contribution < 1.29 is 14.3 Å². The molecule has 0 radical (unpaired) electrons. The van der Waals surface area contributed by atoms with Gasteiger partial charge in [0.05, 0.1) is 0 Å². The van der Waals surface area contributed by atoms with Crippen LogP contribution in [-0.4, -0.2) is 29.1 Å². The Labute approximate surface area is 99.9 Å². The summed E-state index contributed by atoms with van der Waals surface area (Å²) in [6.07, 6.45) is 1.65. The van der Waals surface area contributed by atoms with Gasteiger partial charge >= 0.3 is 5.97 Å². The number of carbonyl (C=O) groups is 1. The second-order valence-electron chi connectivity index (χ2n) is 4.40. The highest BCUT2D eigenvalue weighted by atomic mass is 19.1. The molecule has 0 bridgehead atoms. The summed E-state index contributed by atoms with van der Waals surface area (Å²) < 4.78 is 13.6. The van der Waals surface area contributed by atoms with Crippen molar-refractivity contribution in [2.24, 2.45) is 0 Å². The Morgan fingerprint density at radius 3 is 3.06 bits per heavy atom. The number of benzene rings is 1. The van der Waals surface area contributed by atoms with Gasteiger partial charge in [0.15, 0.2) is 0 Å². The maximum atomic E-state index is 13.6. The third kappa shape index (κ3) is 3.03. The Hall–Kier alpha value is -1.42. The van der Waals surface area contributed by atoms with Crippen molar-refractivity contribution in [3.05, 3.63) is 35.1 Å². The Morgan fingerprint density at radius 2 is 2.29 bits per heavy atom. The van der Waals surface area contributed by atoms with Crippen LogP contribution in [-0.2, 0) is 17.8 Å². The van der Waals surface area contributed by atoms with E-state index in [9.17, 15) is 9.18 Å². The lowest BCUT2D eigenvalue weighted by molar-refractivity contribution is -0.137. The van der Waals surface area contributed by atoms with Crippen LogP contribution in [0.5, 0.6) is 0 Å². The molecule has 2 rings (SSSR count). The van der Waals surface area contributed by atoms with Gasteiger partial charge in [0.1, 0.15) is 5.82 Å². The van der Waals surface area contributed by atoms with Gasteiger partial charge in [-0.1, -0.05) is 12.1 Å². The summed E-state index contributed by atoms with van der Waals surface area (Å²) in [5, 5.41) is 8.57. The molecule has 0 spiro atoms. The van der Waals surface area contributed by atoms with E-state index in [-0.39, 0.29) is 12.2 Å². The van der Waals surface area contributed by atoms with Crippen LogP contribution < -0.4 is 0 Å². The number of rotatable bonds is 4. The number of nitrogens with zero attached hydrogens (tertiary/aromatic N) is 1. The molecular weight excluding hydrogens is 221 g/mol. The van der Waals surface area contributed by atoms with Crippen molar-refractivity contribution >= 4 is 5.97 Å². The molecule has 1 aliphatic heterocycles. The van der Waals surface area contributed by atoms with Gasteiger partial charge in [0.25, 0.3) is 0 Å². The molecule has 1 aromatic rings. The van der Waals surface area contributed by atoms with Gasteiger partial charge in [-0.05, 0) is 31.0 Å². The number of fused-ring (bicyclic) bond motifs is 1. The first-order valence-corrected chi connectivity index (χ1v) is 5.87. The number of halogens is 1. The van der Waals surface area contributed by atoms with Crippen LogP contribution in [0.15, 0.2) is 18.2 Å². The summed E-state index contributed by atoms with van der Waals surface area (Å²) in [5.74, 6) is -0.918. The fourth-order valence-corrected chi connectivity index (χ4v) is 2.24. The van der Waals surface area contributed by atoms with E-state index in [0.29, 0.717) is 13.0 Å². The third-order valence-electron chi connectivity index (χ3n) is 3.16. The molecule has 0 amide bonds. The number of hydrogen-bond donors (Lipinski definition) is 1. The smallest absolute Gasteiger partial charge is 0.303 e. The van der Waals surface area contributed by atoms with Gasteiger partial charge in [0, 0.05) is 25.1 Å².